The van der Waals surface area contributed by atoms with Gasteiger partial charge in [0.05, 0.1) is 11.7 Å². The Morgan fingerprint density at radius 2 is 2.06 bits per heavy atom. The van der Waals surface area contributed by atoms with E-state index in [1.807, 2.05) is 22.9 Å². The van der Waals surface area contributed by atoms with E-state index in [0.717, 1.165) is 49.4 Å². The second kappa shape index (κ2) is 8.09. The zero-order valence-electron chi connectivity index (χ0n) is 18.2. The summed E-state index contributed by atoms with van der Waals surface area (Å²) in [7, 11) is 0. The number of hydrogen-bond acceptors (Lipinski definition) is 7. The molecule has 0 saturated heterocycles. The fraction of sp³-hybridized carbons (Fsp3) is 0.333. The van der Waals surface area contributed by atoms with Gasteiger partial charge in [-0.2, -0.15) is 4.98 Å². The molecule has 1 saturated carbocycles. The van der Waals surface area contributed by atoms with Crippen molar-refractivity contribution >= 4 is 22.7 Å². The lowest BCUT2D eigenvalue weighted by Crippen LogP contribution is -2.23. The number of aliphatic hydroxyl groups excluding tert-OH is 1. The Hall–Kier alpha value is -3.56. The van der Waals surface area contributed by atoms with Crippen molar-refractivity contribution in [2.75, 3.05) is 18.5 Å². The van der Waals surface area contributed by atoms with Crippen molar-refractivity contribution in [2.24, 2.45) is 0 Å². The average molecular weight is 444 g/mol. The van der Waals surface area contributed by atoms with Gasteiger partial charge in [0.2, 0.25) is 5.95 Å². The number of anilines is 2. The van der Waals surface area contributed by atoms with Crippen LogP contribution in [0.1, 0.15) is 35.7 Å². The maximum Gasteiger partial charge on any atom is 0.278 e. The van der Waals surface area contributed by atoms with Crippen LogP contribution in [0.5, 0.6) is 0 Å². The third-order valence-electron chi connectivity index (χ3n) is 6.28. The Bertz CT molecular complexity index is 1400. The minimum atomic E-state index is -0.0839. The summed E-state index contributed by atoms with van der Waals surface area (Å²) >= 11 is 0. The van der Waals surface area contributed by atoms with E-state index in [-0.39, 0.29) is 18.2 Å². The number of fused-ring (bicyclic) bond motifs is 2. The first-order valence-electron chi connectivity index (χ1n) is 11.4. The summed E-state index contributed by atoms with van der Waals surface area (Å²) in [5.74, 6) is 0.442. The molecule has 4 aromatic rings. The van der Waals surface area contributed by atoms with Crippen molar-refractivity contribution in [3.8, 4) is 5.69 Å². The predicted octanol–water partition coefficient (Wildman–Crippen LogP) is 2.24. The molecule has 168 valence electrons. The fourth-order valence-electron chi connectivity index (χ4n) is 4.49. The van der Waals surface area contributed by atoms with Crippen LogP contribution in [0.4, 0.5) is 11.6 Å². The van der Waals surface area contributed by atoms with Gasteiger partial charge < -0.3 is 15.7 Å². The molecule has 4 heterocycles. The van der Waals surface area contributed by atoms with Crippen molar-refractivity contribution in [1.82, 2.24) is 29.6 Å². The van der Waals surface area contributed by atoms with E-state index in [9.17, 15) is 9.90 Å². The predicted molar refractivity (Wildman–Crippen MR) is 125 cm³/mol. The molecule has 1 aromatic carbocycles. The van der Waals surface area contributed by atoms with E-state index < -0.39 is 0 Å². The molecule has 0 atom stereocenters. The highest BCUT2D eigenvalue weighted by atomic mass is 16.3. The first-order chi connectivity index (χ1) is 16.2. The molecule has 0 radical (unpaired) electrons. The van der Waals surface area contributed by atoms with Crippen molar-refractivity contribution in [1.29, 1.82) is 0 Å². The van der Waals surface area contributed by atoms with Crippen molar-refractivity contribution < 1.29 is 5.11 Å². The Labute approximate surface area is 190 Å². The maximum absolute atomic E-state index is 13.2. The highest BCUT2D eigenvalue weighted by Crippen LogP contribution is 2.35. The molecule has 1 aliphatic carbocycles. The monoisotopic (exact) mass is 443 g/mol. The zero-order chi connectivity index (χ0) is 22.4. The summed E-state index contributed by atoms with van der Waals surface area (Å²) in [6, 6.07) is 10.2. The van der Waals surface area contributed by atoms with Gasteiger partial charge in [-0.1, -0.05) is 6.07 Å². The zero-order valence-corrected chi connectivity index (χ0v) is 18.2. The number of nitrogens with zero attached hydrogens (tertiary/aromatic N) is 5. The minimum Gasteiger partial charge on any atom is -0.396 e. The van der Waals surface area contributed by atoms with E-state index in [1.54, 1.807) is 17.1 Å². The first kappa shape index (κ1) is 20.1. The molecule has 0 amide bonds. The van der Waals surface area contributed by atoms with Gasteiger partial charge in [0.25, 0.3) is 5.56 Å². The van der Waals surface area contributed by atoms with E-state index in [0.29, 0.717) is 23.4 Å². The van der Waals surface area contributed by atoms with Gasteiger partial charge in [0, 0.05) is 43.3 Å². The largest absolute Gasteiger partial charge is 0.396 e. The third kappa shape index (κ3) is 3.69. The summed E-state index contributed by atoms with van der Waals surface area (Å²) in [6.07, 6.45) is 6.73. The Balaban J connectivity index is 1.44. The van der Waals surface area contributed by atoms with Gasteiger partial charge in [-0.05, 0) is 61.2 Å². The van der Waals surface area contributed by atoms with E-state index >= 15 is 0 Å². The maximum atomic E-state index is 13.2. The summed E-state index contributed by atoms with van der Waals surface area (Å²) in [6.45, 7) is 1.88. The molecule has 0 bridgehead atoms. The second-order valence-corrected chi connectivity index (χ2v) is 8.64. The lowest BCUT2D eigenvalue weighted by molar-refractivity contribution is 0.298. The quantitative estimate of drug-likeness (QED) is 0.419. The van der Waals surface area contributed by atoms with Crippen LogP contribution in [-0.4, -0.2) is 42.6 Å². The molecule has 2 aliphatic rings. The molecule has 1 aliphatic heterocycles. The number of rotatable bonds is 6. The van der Waals surface area contributed by atoms with Gasteiger partial charge >= 0.3 is 0 Å². The Morgan fingerprint density at radius 3 is 2.91 bits per heavy atom. The van der Waals surface area contributed by atoms with Gasteiger partial charge in [-0.15, -0.1) is 0 Å². The Kier molecular flexibility index (Phi) is 4.92. The van der Waals surface area contributed by atoms with Gasteiger partial charge in [-0.3, -0.25) is 9.78 Å². The van der Waals surface area contributed by atoms with E-state index in [4.69, 9.17) is 4.98 Å². The highest BCUT2D eigenvalue weighted by Gasteiger charge is 2.31. The lowest BCUT2D eigenvalue weighted by atomic mass is 10.0. The van der Waals surface area contributed by atoms with E-state index in [1.165, 1.54) is 11.1 Å². The van der Waals surface area contributed by atoms with Crippen molar-refractivity contribution in [3.63, 3.8) is 0 Å². The number of aromatic nitrogens is 5. The average Bonchev–Trinajstić information content (AvgIpc) is 3.63. The SMILES string of the molecule is O=c1c2cnc(Nc3ccc4c(c3)CNCC4)nc2n(-c2ccnc(CCO)c2)n1C1CC1. The van der Waals surface area contributed by atoms with Crippen LogP contribution < -0.4 is 16.2 Å². The van der Waals surface area contributed by atoms with E-state index in [2.05, 4.69) is 32.7 Å². The summed E-state index contributed by atoms with van der Waals surface area (Å²) in [4.78, 5) is 26.8. The van der Waals surface area contributed by atoms with Crippen LogP contribution in [0.15, 0.2) is 47.5 Å². The molecule has 0 unspecified atom stereocenters. The van der Waals surface area contributed by atoms with Crippen LogP contribution in [0.25, 0.3) is 16.7 Å². The number of pyridine rings is 1. The first-order valence-corrected chi connectivity index (χ1v) is 11.4. The summed E-state index contributed by atoms with van der Waals surface area (Å²) < 4.78 is 3.66. The highest BCUT2D eigenvalue weighted by molar-refractivity contribution is 5.77. The van der Waals surface area contributed by atoms with Crippen LogP contribution in [0.3, 0.4) is 0 Å². The molecule has 1 fully saturated rings. The minimum absolute atomic E-state index is 0.0187. The molecule has 3 N–H and O–H groups in total. The molecule has 33 heavy (non-hydrogen) atoms. The molecule has 9 heteroatoms. The number of hydrogen-bond donors (Lipinski definition) is 3. The van der Waals surface area contributed by atoms with Crippen LogP contribution in [0, 0.1) is 0 Å². The summed E-state index contributed by atoms with van der Waals surface area (Å²) in [5, 5.41) is 16.5. The van der Waals surface area contributed by atoms with Crippen LogP contribution >= 0.6 is 0 Å². The van der Waals surface area contributed by atoms with Gasteiger partial charge in [0.15, 0.2) is 5.65 Å². The smallest absolute Gasteiger partial charge is 0.278 e. The van der Waals surface area contributed by atoms with Crippen LogP contribution in [0.2, 0.25) is 0 Å². The molecule has 3 aromatic heterocycles. The molecule has 6 rings (SSSR count). The van der Waals surface area contributed by atoms with Crippen molar-refractivity contribution in [3.05, 3.63) is 69.9 Å². The number of aliphatic hydroxyl groups is 1. The van der Waals surface area contributed by atoms with Gasteiger partial charge in [-0.25, -0.2) is 14.3 Å². The normalized spacial score (nSPS) is 15.5. The topological polar surface area (TPSA) is 110 Å². The third-order valence-corrected chi connectivity index (χ3v) is 6.28. The standard InChI is InChI=1S/C24H25N7O2/c32-10-7-17-12-20(6-9-26-17)30-22-21(23(33)31(30)19-3-4-19)14-27-24(29-22)28-18-2-1-15-5-8-25-13-16(15)11-18/h1-2,6,9,11-12,14,19,25,32H,3-5,7-8,10,13H2,(H,27,28,29). The fourth-order valence-corrected chi connectivity index (χ4v) is 4.49. The van der Waals surface area contributed by atoms with Crippen molar-refractivity contribution in [2.45, 2.75) is 38.3 Å². The molecule has 0 spiro atoms. The number of benzene rings is 1. The second-order valence-electron chi connectivity index (χ2n) is 8.64. The van der Waals surface area contributed by atoms with Crippen LogP contribution in [-0.2, 0) is 19.4 Å². The molecule has 9 nitrogen and oxygen atoms in total. The molecular formula is C24H25N7O2. The molecular weight excluding hydrogens is 418 g/mol. The Morgan fingerprint density at radius 1 is 1.15 bits per heavy atom. The summed E-state index contributed by atoms with van der Waals surface area (Å²) in [5.41, 5.74) is 5.60. The lowest BCUT2D eigenvalue weighted by Gasteiger charge is -2.18. The number of nitrogens with one attached hydrogen (secondary N) is 2. The van der Waals surface area contributed by atoms with Gasteiger partial charge in [0.1, 0.15) is 5.39 Å².